The lowest BCUT2D eigenvalue weighted by Gasteiger charge is -2.27. The Balaban J connectivity index is 1.71. The predicted molar refractivity (Wildman–Crippen MR) is 156 cm³/mol. The van der Waals surface area contributed by atoms with Gasteiger partial charge in [-0.05, 0) is 24.1 Å². The molecule has 0 saturated heterocycles. The second kappa shape index (κ2) is 15.3. The van der Waals surface area contributed by atoms with E-state index in [2.05, 4.69) is 5.32 Å². The number of ketones is 1. The van der Waals surface area contributed by atoms with Crippen LogP contribution in [0, 0.1) is 0 Å². The zero-order valence-electron chi connectivity index (χ0n) is 22.1. The third-order valence-electron chi connectivity index (χ3n) is 6.07. The van der Waals surface area contributed by atoms with E-state index < -0.39 is 42.4 Å². The van der Waals surface area contributed by atoms with Crippen LogP contribution in [-0.4, -0.2) is 64.1 Å². The average Bonchev–Trinajstić information content (AvgIpc) is 2.98. The number of amides is 2. The highest BCUT2D eigenvalue weighted by Crippen LogP contribution is 2.19. The number of carbonyl (C=O) groups excluding carboxylic acids is 3. The summed E-state index contributed by atoms with van der Waals surface area (Å²) in [6.07, 6.45) is -0.343. The summed E-state index contributed by atoms with van der Waals surface area (Å²) in [7, 11) is 0. The summed E-state index contributed by atoms with van der Waals surface area (Å²) in [6.45, 7) is -0.610. The van der Waals surface area contributed by atoms with Crippen molar-refractivity contribution < 1.29 is 34.2 Å². The van der Waals surface area contributed by atoms with Gasteiger partial charge in [-0.3, -0.25) is 28.9 Å². The lowest BCUT2D eigenvalue weighted by Crippen LogP contribution is -2.51. The summed E-state index contributed by atoms with van der Waals surface area (Å²) in [5.41, 5.74) is 7.86. The predicted octanol–water partition coefficient (Wildman–Crippen LogP) is 2.95. The molecule has 214 valence electrons. The van der Waals surface area contributed by atoms with Gasteiger partial charge in [0.1, 0.15) is 18.6 Å². The molecule has 0 fully saturated rings. The van der Waals surface area contributed by atoms with Crippen LogP contribution >= 0.6 is 11.8 Å². The maximum Gasteiger partial charge on any atom is 0.323 e. The summed E-state index contributed by atoms with van der Waals surface area (Å²) in [6, 6.07) is 21.9. The van der Waals surface area contributed by atoms with Gasteiger partial charge in [-0.25, -0.2) is 0 Å². The minimum absolute atomic E-state index is 0.0970. The topological polar surface area (TPSA) is 167 Å². The van der Waals surface area contributed by atoms with Gasteiger partial charge in [0.25, 0.3) is 5.91 Å². The third-order valence-corrected chi connectivity index (χ3v) is 7.17. The molecule has 5 N–H and O–H groups in total. The first-order valence-corrected chi connectivity index (χ1v) is 13.9. The Hall–Kier alpha value is -4.48. The smallest absolute Gasteiger partial charge is 0.323 e. The van der Waals surface area contributed by atoms with Crippen molar-refractivity contribution in [2.24, 2.45) is 5.73 Å². The number of nitrogens with zero attached hydrogens (tertiary/aromatic N) is 1. The highest BCUT2D eigenvalue weighted by molar-refractivity contribution is 7.98. The molecule has 11 heteroatoms. The normalized spacial score (nSPS) is 12.1. The minimum atomic E-state index is -1.24. The number of aliphatic carboxylic acids is 2. The SMILES string of the molecule is NC(CCC(=O)N[C@@H](CSCc1ccc(C(=O)c2ccccc2)cc1)C(=O)N(CC(=O)O)c1ccccc1)C(=O)O. The van der Waals surface area contributed by atoms with Crippen molar-refractivity contribution in [3.63, 3.8) is 0 Å². The van der Waals surface area contributed by atoms with Crippen LogP contribution in [0.3, 0.4) is 0 Å². The molecule has 41 heavy (non-hydrogen) atoms. The van der Waals surface area contributed by atoms with Crippen LogP contribution in [0.1, 0.15) is 34.3 Å². The molecule has 3 rings (SSSR count). The number of carbonyl (C=O) groups is 5. The van der Waals surface area contributed by atoms with E-state index in [0.717, 1.165) is 10.5 Å². The molecule has 2 atom stereocenters. The second-order valence-electron chi connectivity index (χ2n) is 9.16. The Morgan fingerprint density at radius 1 is 0.829 bits per heavy atom. The van der Waals surface area contributed by atoms with Crippen LogP contribution in [0.2, 0.25) is 0 Å². The number of benzene rings is 3. The van der Waals surface area contributed by atoms with Crippen molar-refractivity contribution in [2.45, 2.75) is 30.7 Å². The lowest BCUT2D eigenvalue weighted by atomic mass is 10.0. The molecule has 2 amide bonds. The van der Waals surface area contributed by atoms with Crippen LogP contribution in [0.5, 0.6) is 0 Å². The summed E-state index contributed by atoms with van der Waals surface area (Å²) >= 11 is 1.34. The maximum atomic E-state index is 13.5. The van der Waals surface area contributed by atoms with Crippen molar-refractivity contribution >= 4 is 47.0 Å². The zero-order valence-corrected chi connectivity index (χ0v) is 23.0. The number of anilines is 1. The fraction of sp³-hybridized carbons (Fsp3) is 0.233. The first kappa shape index (κ1) is 31.1. The Bertz CT molecular complexity index is 1350. The number of hydrogen-bond donors (Lipinski definition) is 4. The van der Waals surface area contributed by atoms with Gasteiger partial charge in [0.2, 0.25) is 5.91 Å². The maximum absolute atomic E-state index is 13.5. The second-order valence-corrected chi connectivity index (χ2v) is 10.2. The average molecular weight is 578 g/mol. The molecule has 3 aromatic carbocycles. The molecule has 0 aliphatic carbocycles. The Morgan fingerprint density at radius 2 is 1.41 bits per heavy atom. The quantitative estimate of drug-likeness (QED) is 0.199. The van der Waals surface area contributed by atoms with Gasteiger partial charge < -0.3 is 21.3 Å². The molecule has 3 aromatic rings. The summed E-state index contributed by atoms with van der Waals surface area (Å²) in [4.78, 5) is 62.5. The number of hydrogen-bond acceptors (Lipinski definition) is 7. The van der Waals surface area contributed by atoms with Gasteiger partial charge in [0, 0.05) is 34.7 Å². The Kier molecular flexibility index (Phi) is 11.6. The van der Waals surface area contributed by atoms with E-state index in [0.29, 0.717) is 22.6 Å². The van der Waals surface area contributed by atoms with Crippen molar-refractivity contribution in [3.8, 4) is 0 Å². The van der Waals surface area contributed by atoms with E-state index in [-0.39, 0.29) is 24.4 Å². The highest BCUT2D eigenvalue weighted by Gasteiger charge is 2.29. The van der Waals surface area contributed by atoms with Gasteiger partial charge in [0.05, 0.1) is 0 Å². The molecule has 0 radical (unpaired) electrons. The summed E-state index contributed by atoms with van der Waals surface area (Å²) in [5.74, 6) is -3.19. The summed E-state index contributed by atoms with van der Waals surface area (Å²) in [5, 5.41) is 21.0. The lowest BCUT2D eigenvalue weighted by molar-refractivity contribution is -0.139. The van der Waals surface area contributed by atoms with Crippen LogP contribution in [0.4, 0.5) is 5.69 Å². The molecule has 0 aliphatic heterocycles. The van der Waals surface area contributed by atoms with Crippen LogP contribution in [0.25, 0.3) is 0 Å². The van der Waals surface area contributed by atoms with Crippen molar-refractivity contribution in [2.75, 3.05) is 17.2 Å². The van der Waals surface area contributed by atoms with Crippen LogP contribution in [0.15, 0.2) is 84.9 Å². The van der Waals surface area contributed by atoms with E-state index in [1.165, 1.54) is 11.8 Å². The molecular weight excluding hydrogens is 546 g/mol. The van der Waals surface area contributed by atoms with E-state index in [1.807, 2.05) is 18.2 Å². The zero-order chi connectivity index (χ0) is 29.8. The van der Waals surface area contributed by atoms with Crippen molar-refractivity contribution in [1.82, 2.24) is 5.32 Å². The molecule has 0 saturated carbocycles. The number of carboxylic acid groups (broad SMARTS) is 2. The summed E-state index contributed by atoms with van der Waals surface area (Å²) < 4.78 is 0. The van der Waals surface area contributed by atoms with Gasteiger partial charge in [0.15, 0.2) is 5.78 Å². The number of nitrogens with one attached hydrogen (secondary N) is 1. The van der Waals surface area contributed by atoms with E-state index >= 15 is 0 Å². The van der Waals surface area contributed by atoms with Gasteiger partial charge in [-0.1, -0.05) is 72.8 Å². The standard InChI is InChI=1S/C30H31N3O7S/c31-24(30(39)40)15-16-26(34)32-25(29(38)33(17-27(35)36)23-9-5-2-6-10-23)19-41-18-20-11-13-22(14-12-20)28(37)21-7-3-1-4-8-21/h1-14,24-25H,15-19,31H2,(H,32,34)(H,35,36)(H,39,40)/t24?,25-/m0/s1. The first-order chi connectivity index (χ1) is 19.7. The monoisotopic (exact) mass is 577 g/mol. The molecule has 0 bridgehead atoms. The van der Waals surface area contributed by atoms with Crippen molar-refractivity contribution in [3.05, 3.63) is 102 Å². The Morgan fingerprint density at radius 3 is 2.00 bits per heavy atom. The number of thioether (sulfide) groups is 1. The van der Waals surface area contributed by atoms with Gasteiger partial charge in [-0.2, -0.15) is 11.8 Å². The molecular formula is C30H31N3O7S. The molecule has 0 heterocycles. The van der Waals surface area contributed by atoms with E-state index in [4.69, 9.17) is 10.8 Å². The number of para-hydroxylation sites is 1. The fourth-order valence-electron chi connectivity index (χ4n) is 3.88. The number of rotatable bonds is 15. The van der Waals surface area contributed by atoms with Crippen molar-refractivity contribution in [1.29, 1.82) is 0 Å². The molecule has 0 aromatic heterocycles. The molecule has 0 spiro atoms. The first-order valence-electron chi connectivity index (χ1n) is 12.8. The van der Waals surface area contributed by atoms with E-state index in [1.54, 1.807) is 66.7 Å². The molecule has 0 aliphatic rings. The van der Waals surface area contributed by atoms with Crippen LogP contribution < -0.4 is 16.0 Å². The number of carboxylic acids is 2. The molecule has 1 unspecified atom stereocenters. The van der Waals surface area contributed by atoms with Gasteiger partial charge in [-0.15, -0.1) is 0 Å². The highest BCUT2D eigenvalue weighted by atomic mass is 32.2. The minimum Gasteiger partial charge on any atom is -0.480 e. The molecule has 10 nitrogen and oxygen atoms in total. The largest absolute Gasteiger partial charge is 0.480 e. The van der Waals surface area contributed by atoms with Crippen LogP contribution in [-0.2, 0) is 24.9 Å². The Labute approximate surface area is 241 Å². The van der Waals surface area contributed by atoms with Gasteiger partial charge >= 0.3 is 11.9 Å². The number of nitrogens with two attached hydrogens (primary N) is 1. The third kappa shape index (κ3) is 9.59. The van der Waals surface area contributed by atoms with E-state index in [9.17, 15) is 29.1 Å². The fourth-order valence-corrected chi connectivity index (χ4v) is 4.89.